The molecule has 1 amide bonds. The zero-order valence-corrected chi connectivity index (χ0v) is 12.2. The Labute approximate surface area is 124 Å². The molecule has 1 aromatic carbocycles. The third-order valence-corrected chi connectivity index (χ3v) is 3.82. The summed E-state index contributed by atoms with van der Waals surface area (Å²) in [6.07, 6.45) is 2.52. The van der Waals surface area contributed by atoms with Crippen LogP contribution in [0.2, 0.25) is 0 Å². The number of hydrogen-bond acceptors (Lipinski definition) is 3. The fraction of sp³-hybridized carbons (Fsp3) is 0.467. The fourth-order valence-electron chi connectivity index (χ4n) is 2.33. The van der Waals surface area contributed by atoms with Crippen LogP contribution in [-0.4, -0.2) is 40.1 Å². The van der Waals surface area contributed by atoms with Gasteiger partial charge in [-0.25, -0.2) is 0 Å². The van der Waals surface area contributed by atoms with Gasteiger partial charge >= 0.3 is 0 Å². The Bertz CT molecular complexity index is 474. The van der Waals surface area contributed by atoms with E-state index < -0.39 is 5.92 Å². The van der Waals surface area contributed by atoms with Crippen LogP contribution < -0.4 is 5.73 Å². The number of carbonyl (C=O) groups is 1. The first kappa shape index (κ1) is 14.9. The molecule has 1 aliphatic carbocycles. The average Bonchev–Trinajstić information content (AvgIpc) is 3.27. The Kier molecular flexibility index (Phi) is 5.09. The first-order chi connectivity index (χ1) is 9.63. The van der Waals surface area contributed by atoms with Gasteiger partial charge in [-0.15, -0.1) is 0 Å². The maximum Gasteiger partial charge on any atom is 0.233 e. The van der Waals surface area contributed by atoms with E-state index in [2.05, 4.69) is 0 Å². The van der Waals surface area contributed by atoms with Crippen LogP contribution in [0.4, 0.5) is 0 Å². The number of benzene rings is 1. The minimum atomic E-state index is -0.487. The Morgan fingerprint density at radius 3 is 2.55 bits per heavy atom. The summed E-state index contributed by atoms with van der Waals surface area (Å²) in [5.74, 6) is -0.544. The van der Waals surface area contributed by atoms with Crippen molar-refractivity contribution in [1.82, 2.24) is 4.90 Å². The molecule has 0 saturated heterocycles. The summed E-state index contributed by atoms with van der Waals surface area (Å²) in [5.41, 5.74) is 6.80. The highest BCUT2D eigenvalue weighted by Crippen LogP contribution is 2.28. The van der Waals surface area contributed by atoms with Crippen LogP contribution in [0, 0.1) is 5.92 Å². The molecule has 1 unspecified atom stereocenters. The van der Waals surface area contributed by atoms with Gasteiger partial charge in [0, 0.05) is 12.6 Å². The topological polar surface area (TPSA) is 66.6 Å². The first-order valence-corrected chi connectivity index (χ1v) is 7.29. The Hall–Kier alpha value is -1.46. The van der Waals surface area contributed by atoms with Crippen LogP contribution >= 0.6 is 12.2 Å². The van der Waals surface area contributed by atoms with Gasteiger partial charge < -0.3 is 15.7 Å². The van der Waals surface area contributed by atoms with E-state index in [1.54, 1.807) is 4.90 Å². The lowest BCUT2D eigenvalue weighted by molar-refractivity contribution is -0.134. The third kappa shape index (κ3) is 3.77. The van der Waals surface area contributed by atoms with Gasteiger partial charge in [0.2, 0.25) is 5.91 Å². The van der Waals surface area contributed by atoms with E-state index in [-0.39, 0.29) is 23.5 Å². The lowest BCUT2D eigenvalue weighted by atomic mass is 9.97. The van der Waals surface area contributed by atoms with E-state index in [1.807, 2.05) is 30.3 Å². The molecule has 3 N–H and O–H groups in total. The summed E-state index contributed by atoms with van der Waals surface area (Å²) >= 11 is 5.07. The molecule has 0 radical (unpaired) electrons. The molecule has 1 aromatic rings. The molecule has 0 heterocycles. The molecule has 2 rings (SSSR count). The number of nitrogens with two attached hydrogens (primary N) is 1. The summed E-state index contributed by atoms with van der Waals surface area (Å²) in [6.45, 7) is 0.328. The quantitative estimate of drug-likeness (QED) is 0.739. The molecular weight excluding hydrogens is 272 g/mol. The Morgan fingerprint density at radius 2 is 2.05 bits per heavy atom. The third-order valence-electron chi connectivity index (χ3n) is 3.54. The average molecular weight is 292 g/mol. The summed E-state index contributed by atoms with van der Waals surface area (Å²) in [5, 5.41) is 9.11. The summed E-state index contributed by atoms with van der Waals surface area (Å²) < 4.78 is 0. The number of nitrogens with zero attached hydrogens (tertiary/aromatic N) is 1. The van der Waals surface area contributed by atoms with E-state index in [4.69, 9.17) is 23.1 Å². The molecule has 5 heteroatoms. The molecule has 0 aliphatic heterocycles. The molecule has 0 aromatic heterocycles. The normalized spacial score (nSPS) is 15.7. The molecule has 1 saturated carbocycles. The van der Waals surface area contributed by atoms with Crippen molar-refractivity contribution in [3.05, 3.63) is 35.9 Å². The van der Waals surface area contributed by atoms with Crippen molar-refractivity contribution in [3.63, 3.8) is 0 Å². The van der Waals surface area contributed by atoms with Crippen molar-refractivity contribution in [2.75, 3.05) is 13.2 Å². The number of hydrogen-bond donors (Lipinski definition) is 2. The molecule has 0 spiro atoms. The second-order valence-electron chi connectivity index (χ2n) is 5.13. The van der Waals surface area contributed by atoms with Crippen LogP contribution in [0.15, 0.2) is 30.3 Å². The minimum Gasteiger partial charge on any atom is -0.395 e. The van der Waals surface area contributed by atoms with Gasteiger partial charge in [-0.2, -0.15) is 0 Å². The number of rotatable bonds is 7. The van der Waals surface area contributed by atoms with Gasteiger partial charge in [-0.05, 0) is 24.8 Å². The van der Waals surface area contributed by atoms with Crippen LogP contribution in [0.5, 0.6) is 0 Å². The largest absolute Gasteiger partial charge is 0.395 e. The Balaban J connectivity index is 2.10. The van der Waals surface area contributed by atoms with Crippen molar-refractivity contribution in [2.45, 2.75) is 25.3 Å². The molecule has 108 valence electrons. The highest BCUT2D eigenvalue weighted by Gasteiger charge is 2.36. The van der Waals surface area contributed by atoms with E-state index in [0.717, 1.165) is 18.4 Å². The van der Waals surface area contributed by atoms with Gasteiger partial charge in [0.25, 0.3) is 0 Å². The lowest BCUT2D eigenvalue weighted by Crippen LogP contribution is -2.44. The number of amides is 1. The Morgan fingerprint density at radius 1 is 1.40 bits per heavy atom. The lowest BCUT2D eigenvalue weighted by Gasteiger charge is -2.26. The molecular formula is C15H20N2O2S. The molecule has 1 aliphatic rings. The number of aliphatic hydroxyl groups is 1. The predicted molar refractivity (Wildman–Crippen MR) is 82.2 cm³/mol. The molecule has 20 heavy (non-hydrogen) atoms. The number of aliphatic hydroxyl groups excluding tert-OH is 1. The van der Waals surface area contributed by atoms with E-state index in [0.29, 0.717) is 13.0 Å². The highest BCUT2D eigenvalue weighted by atomic mass is 32.1. The maximum absolute atomic E-state index is 12.6. The zero-order chi connectivity index (χ0) is 14.5. The summed E-state index contributed by atoms with van der Waals surface area (Å²) in [4.78, 5) is 14.6. The maximum atomic E-state index is 12.6. The van der Waals surface area contributed by atoms with E-state index in [9.17, 15) is 4.79 Å². The molecule has 4 nitrogen and oxygen atoms in total. The van der Waals surface area contributed by atoms with E-state index >= 15 is 0 Å². The number of thiocarbonyl (C=S) groups is 1. The second-order valence-corrected chi connectivity index (χ2v) is 5.60. The standard InChI is InChI=1S/C15H20N2O2S/c16-14(20)13(10-11-4-2-1-3-5-11)15(19)17(8-9-18)12-6-7-12/h1-5,12-13,18H,6-10H2,(H2,16,20). The van der Waals surface area contributed by atoms with Gasteiger partial charge in [-0.1, -0.05) is 42.5 Å². The zero-order valence-electron chi connectivity index (χ0n) is 11.4. The summed E-state index contributed by atoms with van der Waals surface area (Å²) in [6, 6.07) is 9.98. The first-order valence-electron chi connectivity index (χ1n) is 6.88. The van der Waals surface area contributed by atoms with Crippen molar-refractivity contribution in [2.24, 2.45) is 11.7 Å². The van der Waals surface area contributed by atoms with Crippen LogP contribution in [0.25, 0.3) is 0 Å². The minimum absolute atomic E-state index is 0.0301. The SMILES string of the molecule is NC(=S)C(Cc1ccccc1)C(=O)N(CCO)C1CC1. The fourth-order valence-corrected chi connectivity index (χ4v) is 2.51. The molecule has 0 bridgehead atoms. The van der Waals surface area contributed by atoms with E-state index in [1.165, 1.54) is 0 Å². The van der Waals surface area contributed by atoms with Crippen LogP contribution in [0.3, 0.4) is 0 Å². The van der Waals surface area contributed by atoms with Crippen molar-refractivity contribution < 1.29 is 9.90 Å². The highest BCUT2D eigenvalue weighted by molar-refractivity contribution is 7.80. The van der Waals surface area contributed by atoms with Crippen LogP contribution in [-0.2, 0) is 11.2 Å². The van der Waals surface area contributed by atoms with Gasteiger partial charge in [0.05, 0.1) is 17.5 Å². The monoisotopic (exact) mass is 292 g/mol. The predicted octanol–water partition coefficient (Wildman–Crippen LogP) is 1.11. The van der Waals surface area contributed by atoms with Gasteiger partial charge in [0.15, 0.2) is 0 Å². The van der Waals surface area contributed by atoms with Crippen LogP contribution in [0.1, 0.15) is 18.4 Å². The van der Waals surface area contributed by atoms with Crippen molar-refractivity contribution in [3.8, 4) is 0 Å². The molecule has 1 atom stereocenters. The summed E-state index contributed by atoms with van der Waals surface area (Å²) in [7, 11) is 0. The smallest absolute Gasteiger partial charge is 0.233 e. The van der Waals surface area contributed by atoms with Gasteiger partial charge in [0.1, 0.15) is 0 Å². The van der Waals surface area contributed by atoms with Gasteiger partial charge in [-0.3, -0.25) is 4.79 Å². The molecule has 1 fully saturated rings. The van der Waals surface area contributed by atoms with Crippen molar-refractivity contribution in [1.29, 1.82) is 0 Å². The van der Waals surface area contributed by atoms with Crippen molar-refractivity contribution >= 4 is 23.1 Å². The number of carbonyl (C=O) groups excluding carboxylic acids is 1. The second kappa shape index (κ2) is 6.81.